The van der Waals surface area contributed by atoms with Crippen molar-refractivity contribution in [2.45, 2.75) is 24.5 Å². The van der Waals surface area contributed by atoms with Gasteiger partial charge in [0.1, 0.15) is 10.7 Å². The molecule has 0 aliphatic carbocycles. The van der Waals surface area contributed by atoms with Crippen LogP contribution in [0.25, 0.3) is 0 Å². The Bertz CT molecular complexity index is 980. The number of sulfone groups is 1. The van der Waals surface area contributed by atoms with E-state index in [0.717, 1.165) is 5.69 Å². The van der Waals surface area contributed by atoms with Crippen LogP contribution in [-0.4, -0.2) is 64.8 Å². The number of carbonyl (C=O) groups excluding carboxylic acids is 1. The number of nitrogens with zero attached hydrogens (tertiary/aromatic N) is 3. The van der Waals surface area contributed by atoms with Gasteiger partial charge in [-0.2, -0.15) is 0 Å². The summed E-state index contributed by atoms with van der Waals surface area (Å²) in [7, 11) is -4.73. The SMILES string of the molecule is C[Si](C)(C)c1ccc(NC(=O)N2CCN(c3ncccc3S(C)(=O)=O)CC2)cc1. The number of hydrogen-bond acceptors (Lipinski definition) is 5. The standard InChI is InChI=1S/C20H28N4O3SSi/c1-28(26,27)18-6-5-11-21-19(18)23-12-14-24(15-13-23)20(25)22-16-7-9-17(10-8-16)29(2,3)4/h5-11H,12-15H2,1-4H3,(H,22,25). The number of urea groups is 1. The highest BCUT2D eigenvalue weighted by molar-refractivity contribution is 7.90. The first-order chi connectivity index (χ1) is 13.6. The Morgan fingerprint density at radius 1 is 1.03 bits per heavy atom. The van der Waals surface area contributed by atoms with Crippen molar-refractivity contribution in [1.29, 1.82) is 0 Å². The summed E-state index contributed by atoms with van der Waals surface area (Å²) in [6.07, 6.45) is 2.78. The Labute approximate surface area is 173 Å². The van der Waals surface area contributed by atoms with E-state index in [2.05, 4.69) is 42.1 Å². The third kappa shape index (κ3) is 5.16. The lowest BCUT2D eigenvalue weighted by atomic mass is 10.3. The van der Waals surface area contributed by atoms with Gasteiger partial charge in [0, 0.05) is 44.3 Å². The number of rotatable bonds is 4. The van der Waals surface area contributed by atoms with Crippen LogP contribution in [0.3, 0.4) is 0 Å². The predicted octanol–water partition coefficient (Wildman–Crippen LogP) is 2.38. The van der Waals surface area contributed by atoms with Crippen LogP contribution in [0.15, 0.2) is 47.5 Å². The molecule has 1 aromatic carbocycles. The van der Waals surface area contributed by atoms with Gasteiger partial charge >= 0.3 is 6.03 Å². The second-order valence-corrected chi connectivity index (χ2v) is 15.4. The summed E-state index contributed by atoms with van der Waals surface area (Å²) in [6.45, 7) is 8.92. The van der Waals surface area contributed by atoms with Gasteiger partial charge < -0.3 is 15.1 Å². The number of benzene rings is 1. The molecule has 0 unspecified atom stereocenters. The fourth-order valence-electron chi connectivity index (χ4n) is 3.29. The van der Waals surface area contributed by atoms with Crippen LogP contribution < -0.4 is 15.4 Å². The average Bonchev–Trinajstić information content (AvgIpc) is 2.67. The van der Waals surface area contributed by atoms with Crippen LogP contribution >= 0.6 is 0 Å². The Hall–Kier alpha value is -2.39. The normalized spacial score (nSPS) is 15.3. The molecule has 0 saturated carbocycles. The van der Waals surface area contributed by atoms with Crippen LogP contribution in [0.4, 0.5) is 16.3 Å². The highest BCUT2D eigenvalue weighted by Gasteiger charge is 2.25. The van der Waals surface area contributed by atoms with E-state index in [1.807, 2.05) is 17.0 Å². The molecule has 0 spiro atoms. The first kappa shape index (κ1) is 21.3. The maximum Gasteiger partial charge on any atom is 0.321 e. The fraction of sp³-hybridized carbons (Fsp3) is 0.400. The molecule has 0 radical (unpaired) electrons. The second-order valence-electron chi connectivity index (χ2n) is 8.33. The van der Waals surface area contributed by atoms with Gasteiger partial charge in [0.2, 0.25) is 0 Å². The van der Waals surface area contributed by atoms with Crippen LogP contribution in [0.5, 0.6) is 0 Å². The van der Waals surface area contributed by atoms with E-state index in [1.165, 1.54) is 11.4 Å². The Balaban J connectivity index is 1.62. The number of anilines is 2. The zero-order chi connectivity index (χ0) is 21.2. The van der Waals surface area contributed by atoms with Gasteiger partial charge in [0.05, 0.1) is 8.07 Å². The van der Waals surface area contributed by atoms with Crippen LogP contribution in [0.1, 0.15) is 0 Å². The van der Waals surface area contributed by atoms with Gasteiger partial charge in [-0.25, -0.2) is 18.2 Å². The summed E-state index contributed by atoms with van der Waals surface area (Å²) >= 11 is 0. The quantitative estimate of drug-likeness (QED) is 0.750. The summed E-state index contributed by atoms with van der Waals surface area (Å²) in [6, 6.07) is 11.1. The second kappa shape index (κ2) is 8.15. The minimum absolute atomic E-state index is 0.144. The molecule has 1 aliphatic rings. The molecule has 29 heavy (non-hydrogen) atoms. The van der Waals surface area contributed by atoms with Gasteiger partial charge in [-0.1, -0.05) is 37.0 Å². The van der Waals surface area contributed by atoms with Gasteiger partial charge in [-0.05, 0) is 24.3 Å². The average molecular weight is 433 g/mol. The van der Waals surface area contributed by atoms with E-state index in [4.69, 9.17) is 0 Å². The van der Waals surface area contributed by atoms with E-state index < -0.39 is 17.9 Å². The van der Waals surface area contributed by atoms with Crippen molar-refractivity contribution in [3.05, 3.63) is 42.6 Å². The molecular formula is C20H28N4O3SSi. The fourth-order valence-corrected chi connectivity index (χ4v) is 5.29. The van der Waals surface area contributed by atoms with Gasteiger partial charge in [0.25, 0.3) is 0 Å². The van der Waals surface area contributed by atoms with Crippen LogP contribution in [-0.2, 0) is 9.84 Å². The highest BCUT2D eigenvalue weighted by Crippen LogP contribution is 2.23. The molecule has 2 aromatic rings. The summed E-state index contributed by atoms with van der Waals surface area (Å²) in [4.78, 5) is 20.8. The molecule has 1 saturated heterocycles. The van der Waals surface area contributed by atoms with Gasteiger partial charge in [0.15, 0.2) is 9.84 Å². The van der Waals surface area contributed by atoms with Crippen molar-refractivity contribution in [2.75, 3.05) is 42.7 Å². The molecule has 1 fully saturated rings. The first-order valence-corrected chi connectivity index (χ1v) is 15.0. The zero-order valence-electron chi connectivity index (χ0n) is 17.3. The van der Waals surface area contributed by atoms with Crippen molar-refractivity contribution >= 4 is 40.6 Å². The Kier molecular flexibility index (Phi) is 5.99. The van der Waals surface area contributed by atoms with Gasteiger partial charge in [-0.15, -0.1) is 0 Å². The number of carbonyl (C=O) groups is 1. The third-order valence-electron chi connectivity index (χ3n) is 5.02. The van der Waals surface area contributed by atoms with Crippen molar-refractivity contribution in [3.63, 3.8) is 0 Å². The maximum atomic E-state index is 12.6. The highest BCUT2D eigenvalue weighted by atomic mass is 32.2. The summed E-state index contributed by atoms with van der Waals surface area (Å²) in [5, 5.41) is 4.30. The minimum Gasteiger partial charge on any atom is -0.352 e. The molecule has 1 N–H and O–H groups in total. The zero-order valence-corrected chi connectivity index (χ0v) is 19.2. The number of pyridine rings is 1. The van der Waals surface area contributed by atoms with E-state index in [0.29, 0.717) is 32.0 Å². The van der Waals surface area contributed by atoms with E-state index in [-0.39, 0.29) is 10.9 Å². The maximum absolute atomic E-state index is 12.6. The monoisotopic (exact) mass is 432 g/mol. The van der Waals surface area contributed by atoms with Crippen molar-refractivity contribution < 1.29 is 13.2 Å². The molecular weight excluding hydrogens is 404 g/mol. The van der Waals surface area contributed by atoms with E-state index in [1.54, 1.807) is 23.2 Å². The molecule has 9 heteroatoms. The molecule has 156 valence electrons. The minimum atomic E-state index is -3.36. The van der Waals surface area contributed by atoms with E-state index in [9.17, 15) is 13.2 Å². The van der Waals surface area contributed by atoms with Crippen molar-refractivity contribution in [2.24, 2.45) is 0 Å². The van der Waals surface area contributed by atoms with E-state index >= 15 is 0 Å². The topological polar surface area (TPSA) is 82.6 Å². The Morgan fingerprint density at radius 3 is 2.21 bits per heavy atom. The lowest BCUT2D eigenvalue weighted by Gasteiger charge is -2.35. The molecule has 1 aliphatic heterocycles. The first-order valence-electron chi connectivity index (χ1n) is 9.62. The van der Waals surface area contributed by atoms with Crippen molar-refractivity contribution in [3.8, 4) is 0 Å². The molecule has 1 aromatic heterocycles. The summed E-state index contributed by atoms with van der Waals surface area (Å²) < 4.78 is 24.0. The summed E-state index contributed by atoms with van der Waals surface area (Å²) in [5.41, 5.74) is 0.781. The van der Waals surface area contributed by atoms with Gasteiger partial charge in [-0.3, -0.25) is 0 Å². The predicted molar refractivity (Wildman–Crippen MR) is 120 cm³/mol. The smallest absolute Gasteiger partial charge is 0.321 e. The number of aromatic nitrogens is 1. The van der Waals surface area contributed by atoms with Crippen LogP contribution in [0, 0.1) is 0 Å². The summed E-state index contributed by atoms with van der Waals surface area (Å²) in [5.74, 6) is 0.456. The molecule has 0 atom stereocenters. The molecule has 7 nitrogen and oxygen atoms in total. The van der Waals surface area contributed by atoms with Crippen molar-refractivity contribution in [1.82, 2.24) is 9.88 Å². The lowest BCUT2D eigenvalue weighted by molar-refractivity contribution is 0.208. The number of amides is 2. The number of hydrogen-bond donors (Lipinski definition) is 1. The molecule has 3 rings (SSSR count). The number of piperazine rings is 1. The third-order valence-corrected chi connectivity index (χ3v) is 8.20. The molecule has 2 amide bonds. The number of nitrogens with one attached hydrogen (secondary N) is 1. The largest absolute Gasteiger partial charge is 0.352 e. The molecule has 2 heterocycles. The lowest BCUT2D eigenvalue weighted by Crippen LogP contribution is -2.50. The molecule has 0 bridgehead atoms. The Morgan fingerprint density at radius 2 is 1.66 bits per heavy atom. The van der Waals surface area contributed by atoms with Crippen LogP contribution in [0.2, 0.25) is 19.6 Å².